The molecule has 0 spiro atoms. The minimum absolute atomic E-state index is 0.264. The fourth-order valence-corrected chi connectivity index (χ4v) is 1.67. The number of alkyl halides is 1. The Bertz CT molecular complexity index is 151. The summed E-state index contributed by atoms with van der Waals surface area (Å²) in [5.74, 6) is 0. The van der Waals surface area contributed by atoms with Crippen LogP contribution < -0.4 is 0 Å². The molecule has 0 bridgehead atoms. The zero-order valence-electron chi connectivity index (χ0n) is 9.39. The Morgan fingerprint density at radius 1 is 1.15 bits per heavy atom. The number of rotatable bonds is 5. The van der Waals surface area contributed by atoms with Gasteiger partial charge in [-0.3, -0.25) is 0 Å². The minimum atomic E-state index is -0.600. The average Bonchev–Trinajstić information content (AvgIpc) is 1.81. The van der Waals surface area contributed by atoms with E-state index in [1.54, 1.807) is 0 Å². The summed E-state index contributed by atoms with van der Waals surface area (Å²) < 4.78 is 0. The van der Waals surface area contributed by atoms with Crippen LogP contribution in [0, 0.1) is 5.41 Å². The van der Waals surface area contributed by atoms with Crippen molar-refractivity contribution < 1.29 is 5.11 Å². The van der Waals surface area contributed by atoms with Crippen LogP contribution in [-0.2, 0) is 0 Å². The van der Waals surface area contributed by atoms with Gasteiger partial charge < -0.3 is 10.0 Å². The first-order valence-corrected chi connectivity index (χ1v) is 5.75. The molecule has 0 rings (SSSR count). The number of aliphatic hydroxyl groups is 1. The molecule has 0 saturated carbocycles. The van der Waals surface area contributed by atoms with Gasteiger partial charge in [0, 0.05) is 18.4 Å². The van der Waals surface area contributed by atoms with Crippen molar-refractivity contribution in [1.29, 1.82) is 0 Å². The van der Waals surface area contributed by atoms with Crippen molar-refractivity contribution >= 4 is 15.9 Å². The van der Waals surface area contributed by atoms with Gasteiger partial charge >= 0.3 is 0 Å². The second-order valence-electron chi connectivity index (χ2n) is 5.28. The zero-order valence-corrected chi connectivity index (χ0v) is 11.0. The molecule has 0 aromatic heterocycles. The lowest BCUT2D eigenvalue weighted by Crippen LogP contribution is -2.41. The van der Waals surface area contributed by atoms with Crippen LogP contribution in [0.4, 0.5) is 0 Å². The zero-order chi connectivity index (χ0) is 10.7. The SMILES string of the molecule is CN(CC(C)(C)O)CC(C)(C)CBr. The highest BCUT2D eigenvalue weighted by Gasteiger charge is 2.22. The standard InChI is InChI=1S/C10H22BrNO/c1-9(2,6-11)7-12(5)8-10(3,4)13/h13H,6-8H2,1-5H3. The van der Waals surface area contributed by atoms with Gasteiger partial charge in [0.1, 0.15) is 0 Å². The highest BCUT2D eigenvalue weighted by molar-refractivity contribution is 9.09. The summed E-state index contributed by atoms with van der Waals surface area (Å²) in [5.41, 5.74) is -0.336. The van der Waals surface area contributed by atoms with Gasteiger partial charge in [0.2, 0.25) is 0 Å². The first kappa shape index (κ1) is 13.4. The summed E-state index contributed by atoms with van der Waals surface area (Å²) in [5, 5.41) is 10.6. The van der Waals surface area contributed by atoms with Crippen molar-refractivity contribution in [2.24, 2.45) is 5.41 Å². The van der Waals surface area contributed by atoms with Gasteiger partial charge in [0.25, 0.3) is 0 Å². The number of hydrogen-bond acceptors (Lipinski definition) is 2. The van der Waals surface area contributed by atoms with Gasteiger partial charge in [0.05, 0.1) is 5.60 Å². The molecule has 0 radical (unpaired) electrons. The van der Waals surface area contributed by atoms with Crippen molar-refractivity contribution in [3.63, 3.8) is 0 Å². The molecule has 2 nitrogen and oxygen atoms in total. The third-order valence-corrected chi connectivity index (χ3v) is 3.23. The largest absolute Gasteiger partial charge is 0.389 e. The quantitative estimate of drug-likeness (QED) is 0.757. The van der Waals surface area contributed by atoms with Crippen LogP contribution in [0.2, 0.25) is 0 Å². The third-order valence-electron chi connectivity index (χ3n) is 1.72. The van der Waals surface area contributed by atoms with E-state index in [0.717, 1.165) is 11.9 Å². The molecule has 3 heteroatoms. The van der Waals surface area contributed by atoms with Gasteiger partial charge in [0.15, 0.2) is 0 Å². The Hall–Kier alpha value is 0.400. The molecule has 0 fully saturated rings. The lowest BCUT2D eigenvalue weighted by molar-refractivity contribution is 0.0361. The van der Waals surface area contributed by atoms with Crippen molar-refractivity contribution in [3.05, 3.63) is 0 Å². The Morgan fingerprint density at radius 2 is 1.62 bits per heavy atom. The number of hydrogen-bond donors (Lipinski definition) is 1. The highest BCUT2D eigenvalue weighted by atomic mass is 79.9. The molecule has 0 unspecified atom stereocenters. The summed E-state index contributed by atoms with van der Waals surface area (Å²) in [6.07, 6.45) is 0. The summed E-state index contributed by atoms with van der Waals surface area (Å²) in [7, 11) is 2.04. The molecule has 0 amide bonds. The second kappa shape index (κ2) is 4.76. The Kier molecular flexibility index (Phi) is 4.91. The maximum Gasteiger partial charge on any atom is 0.0718 e. The first-order chi connectivity index (χ1) is 5.66. The third kappa shape index (κ3) is 7.47. The Balaban J connectivity index is 3.94. The lowest BCUT2D eigenvalue weighted by Gasteiger charge is -2.32. The van der Waals surface area contributed by atoms with Crippen LogP contribution >= 0.6 is 15.9 Å². The average molecular weight is 252 g/mol. The van der Waals surface area contributed by atoms with Crippen molar-refractivity contribution in [1.82, 2.24) is 4.90 Å². The minimum Gasteiger partial charge on any atom is -0.389 e. The van der Waals surface area contributed by atoms with Gasteiger partial charge in [-0.05, 0) is 26.3 Å². The van der Waals surface area contributed by atoms with E-state index in [0.29, 0.717) is 6.54 Å². The number of halogens is 1. The van der Waals surface area contributed by atoms with E-state index in [1.807, 2.05) is 20.9 Å². The fraction of sp³-hybridized carbons (Fsp3) is 1.00. The van der Waals surface area contributed by atoms with Crippen LogP contribution in [0.1, 0.15) is 27.7 Å². The van der Waals surface area contributed by atoms with Crippen LogP contribution in [0.15, 0.2) is 0 Å². The normalized spacial score (nSPS) is 13.8. The monoisotopic (exact) mass is 251 g/mol. The lowest BCUT2D eigenvalue weighted by atomic mass is 9.95. The summed E-state index contributed by atoms with van der Waals surface area (Å²) >= 11 is 3.49. The van der Waals surface area contributed by atoms with E-state index >= 15 is 0 Å². The smallest absolute Gasteiger partial charge is 0.0718 e. The predicted molar refractivity (Wildman–Crippen MR) is 61.4 cm³/mol. The molecule has 80 valence electrons. The second-order valence-corrected chi connectivity index (χ2v) is 5.84. The van der Waals surface area contributed by atoms with E-state index in [1.165, 1.54) is 0 Å². The molecular formula is C10H22BrNO. The van der Waals surface area contributed by atoms with Crippen LogP contribution in [0.5, 0.6) is 0 Å². The molecule has 0 aliphatic heterocycles. The molecule has 1 N–H and O–H groups in total. The molecule has 0 aromatic carbocycles. The van der Waals surface area contributed by atoms with E-state index in [4.69, 9.17) is 0 Å². The van der Waals surface area contributed by atoms with Crippen molar-refractivity contribution in [3.8, 4) is 0 Å². The molecule has 0 aliphatic rings. The molecular weight excluding hydrogens is 230 g/mol. The van der Waals surface area contributed by atoms with E-state index in [-0.39, 0.29) is 5.41 Å². The van der Waals surface area contributed by atoms with Crippen LogP contribution in [-0.4, -0.2) is 41.1 Å². The maximum absolute atomic E-state index is 9.60. The topological polar surface area (TPSA) is 23.5 Å². The number of likely N-dealkylation sites (N-methyl/N-ethyl adjacent to an activating group) is 1. The Labute approximate surface area is 90.4 Å². The molecule has 0 heterocycles. The van der Waals surface area contributed by atoms with Gasteiger partial charge in [-0.25, -0.2) is 0 Å². The van der Waals surface area contributed by atoms with Gasteiger partial charge in [-0.2, -0.15) is 0 Å². The van der Waals surface area contributed by atoms with Crippen LogP contribution in [0.25, 0.3) is 0 Å². The molecule has 0 aliphatic carbocycles. The molecule has 0 atom stereocenters. The van der Waals surface area contributed by atoms with E-state index < -0.39 is 5.60 Å². The van der Waals surface area contributed by atoms with Crippen LogP contribution in [0.3, 0.4) is 0 Å². The summed E-state index contributed by atoms with van der Waals surface area (Å²) in [6, 6.07) is 0. The molecule has 13 heavy (non-hydrogen) atoms. The van der Waals surface area contributed by atoms with E-state index in [9.17, 15) is 5.11 Å². The Morgan fingerprint density at radius 3 is 1.92 bits per heavy atom. The highest BCUT2D eigenvalue weighted by Crippen LogP contribution is 2.19. The molecule has 0 aromatic rings. The van der Waals surface area contributed by atoms with Crippen molar-refractivity contribution in [2.75, 3.05) is 25.5 Å². The summed E-state index contributed by atoms with van der Waals surface area (Å²) in [6.45, 7) is 9.80. The number of nitrogens with zero attached hydrogens (tertiary/aromatic N) is 1. The fourth-order valence-electron chi connectivity index (χ4n) is 1.49. The predicted octanol–water partition coefficient (Wildman–Crippen LogP) is 2.11. The van der Waals surface area contributed by atoms with Crippen molar-refractivity contribution in [2.45, 2.75) is 33.3 Å². The van der Waals surface area contributed by atoms with Gasteiger partial charge in [-0.15, -0.1) is 0 Å². The van der Waals surface area contributed by atoms with Gasteiger partial charge in [-0.1, -0.05) is 29.8 Å². The van der Waals surface area contributed by atoms with E-state index in [2.05, 4.69) is 34.7 Å². The maximum atomic E-state index is 9.60. The molecule has 0 saturated heterocycles. The summed E-state index contributed by atoms with van der Waals surface area (Å²) in [4.78, 5) is 2.17. The first-order valence-electron chi connectivity index (χ1n) is 4.63.